The number of hydrogen-bond donors (Lipinski definition) is 1. The second kappa shape index (κ2) is 4.05. The summed E-state index contributed by atoms with van der Waals surface area (Å²) in [6.07, 6.45) is 1.76. The van der Waals surface area contributed by atoms with Crippen LogP contribution in [0.3, 0.4) is 0 Å². The molecule has 1 rings (SSSR count). The maximum atomic E-state index is 5.12. The zero-order chi connectivity index (χ0) is 8.10. The van der Waals surface area contributed by atoms with Gasteiger partial charge in [-0.2, -0.15) is 0 Å². The second-order valence-corrected chi connectivity index (χ2v) is 2.22. The molecule has 0 aromatic carbocycles. The van der Waals surface area contributed by atoms with Gasteiger partial charge < -0.3 is 0 Å². The molecular formula is C8H12N2O. The van der Waals surface area contributed by atoms with Crippen molar-refractivity contribution in [2.75, 3.05) is 7.05 Å². The van der Waals surface area contributed by atoms with Crippen molar-refractivity contribution in [3.63, 3.8) is 0 Å². The molecular weight excluding hydrogens is 140 g/mol. The molecule has 1 unspecified atom stereocenters. The summed E-state index contributed by atoms with van der Waals surface area (Å²) in [7, 11) is 1.74. The average Bonchev–Trinajstić information content (AvgIpc) is 2.07. The molecule has 1 heterocycles. The van der Waals surface area contributed by atoms with Crippen LogP contribution < -0.4 is 5.48 Å². The Morgan fingerprint density at radius 3 is 2.91 bits per heavy atom. The highest BCUT2D eigenvalue weighted by atomic mass is 16.7. The number of aromatic nitrogens is 1. The molecule has 0 aliphatic rings. The van der Waals surface area contributed by atoms with Crippen molar-refractivity contribution in [3.05, 3.63) is 30.1 Å². The van der Waals surface area contributed by atoms with Crippen LogP contribution in [0.5, 0.6) is 0 Å². The number of hydroxylamine groups is 1. The first kappa shape index (κ1) is 8.17. The van der Waals surface area contributed by atoms with Crippen LogP contribution in [0.15, 0.2) is 24.4 Å². The highest BCUT2D eigenvalue weighted by Gasteiger charge is 2.03. The van der Waals surface area contributed by atoms with E-state index in [1.165, 1.54) is 0 Å². The van der Waals surface area contributed by atoms with Gasteiger partial charge in [-0.25, -0.2) is 5.48 Å². The zero-order valence-corrected chi connectivity index (χ0v) is 6.74. The van der Waals surface area contributed by atoms with Crippen molar-refractivity contribution in [1.29, 1.82) is 0 Å². The minimum absolute atomic E-state index is 0.00111. The van der Waals surface area contributed by atoms with Gasteiger partial charge in [0.1, 0.15) is 6.10 Å². The minimum Gasteiger partial charge on any atom is -0.293 e. The van der Waals surface area contributed by atoms with E-state index in [-0.39, 0.29) is 6.10 Å². The van der Waals surface area contributed by atoms with Crippen LogP contribution in [-0.4, -0.2) is 12.0 Å². The summed E-state index contributed by atoms with van der Waals surface area (Å²) in [5, 5.41) is 0. The standard InChI is InChI=1S/C8H12N2O/c1-7(11-9-2)8-5-3-4-6-10-8/h3-7,9H,1-2H3. The number of rotatable bonds is 3. The molecule has 1 N–H and O–H groups in total. The monoisotopic (exact) mass is 152 g/mol. The Morgan fingerprint density at radius 2 is 2.36 bits per heavy atom. The van der Waals surface area contributed by atoms with E-state index in [0.29, 0.717) is 0 Å². The first-order chi connectivity index (χ1) is 5.34. The van der Waals surface area contributed by atoms with Gasteiger partial charge in [-0.3, -0.25) is 9.82 Å². The van der Waals surface area contributed by atoms with Crippen molar-refractivity contribution in [2.45, 2.75) is 13.0 Å². The summed E-state index contributed by atoms with van der Waals surface area (Å²) in [6.45, 7) is 1.94. The molecule has 3 nitrogen and oxygen atoms in total. The molecule has 11 heavy (non-hydrogen) atoms. The maximum absolute atomic E-state index is 5.12. The molecule has 1 atom stereocenters. The Balaban J connectivity index is 2.61. The predicted octanol–water partition coefficient (Wildman–Crippen LogP) is 1.29. The van der Waals surface area contributed by atoms with Gasteiger partial charge in [0, 0.05) is 13.2 Å². The Morgan fingerprint density at radius 1 is 1.55 bits per heavy atom. The lowest BCUT2D eigenvalue weighted by Gasteiger charge is -2.09. The summed E-state index contributed by atoms with van der Waals surface area (Å²) in [6, 6.07) is 5.76. The first-order valence-corrected chi connectivity index (χ1v) is 3.58. The molecule has 0 amide bonds. The summed E-state index contributed by atoms with van der Waals surface area (Å²) in [4.78, 5) is 9.25. The van der Waals surface area contributed by atoms with E-state index < -0.39 is 0 Å². The Kier molecular flexibility index (Phi) is 3.01. The second-order valence-electron chi connectivity index (χ2n) is 2.22. The molecule has 0 fully saturated rings. The molecule has 0 saturated heterocycles. The number of nitrogens with zero attached hydrogens (tertiary/aromatic N) is 1. The first-order valence-electron chi connectivity index (χ1n) is 3.58. The molecule has 60 valence electrons. The zero-order valence-electron chi connectivity index (χ0n) is 6.74. The third-order valence-electron chi connectivity index (χ3n) is 1.40. The molecule has 0 saturated carbocycles. The highest BCUT2D eigenvalue weighted by molar-refractivity contribution is 5.05. The lowest BCUT2D eigenvalue weighted by molar-refractivity contribution is -0.00486. The van der Waals surface area contributed by atoms with Crippen LogP contribution in [-0.2, 0) is 4.84 Å². The van der Waals surface area contributed by atoms with Crippen LogP contribution in [0.4, 0.5) is 0 Å². The van der Waals surface area contributed by atoms with Gasteiger partial charge in [0.2, 0.25) is 0 Å². The van der Waals surface area contributed by atoms with Crippen molar-refractivity contribution in [3.8, 4) is 0 Å². The third-order valence-corrected chi connectivity index (χ3v) is 1.40. The smallest absolute Gasteiger partial charge is 0.118 e. The van der Waals surface area contributed by atoms with Gasteiger partial charge in [0.05, 0.1) is 5.69 Å². The van der Waals surface area contributed by atoms with Crippen molar-refractivity contribution in [1.82, 2.24) is 10.5 Å². The van der Waals surface area contributed by atoms with Crippen molar-refractivity contribution >= 4 is 0 Å². The number of hydrogen-bond acceptors (Lipinski definition) is 3. The largest absolute Gasteiger partial charge is 0.293 e. The minimum atomic E-state index is 0.00111. The SMILES string of the molecule is CNOC(C)c1ccccn1. The van der Waals surface area contributed by atoms with Crippen molar-refractivity contribution < 1.29 is 4.84 Å². The molecule has 0 aliphatic heterocycles. The molecule has 0 bridgehead atoms. The summed E-state index contributed by atoms with van der Waals surface area (Å²) < 4.78 is 0. The lowest BCUT2D eigenvalue weighted by atomic mass is 10.2. The predicted molar refractivity (Wildman–Crippen MR) is 42.8 cm³/mol. The van der Waals surface area contributed by atoms with E-state index in [1.807, 2.05) is 25.1 Å². The summed E-state index contributed by atoms with van der Waals surface area (Å²) in [5.41, 5.74) is 3.56. The normalized spacial score (nSPS) is 12.9. The van der Waals surface area contributed by atoms with E-state index in [2.05, 4.69) is 10.5 Å². The van der Waals surface area contributed by atoms with E-state index >= 15 is 0 Å². The fourth-order valence-electron chi connectivity index (χ4n) is 0.854. The van der Waals surface area contributed by atoms with Crippen LogP contribution >= 0.6 is 0 Å². The summed E-state index contributed by atoms with van der Waals surface area (Å²) in [5.74, 6) is 0. The van der Waals surface area contributed by atoms with Gasteiger partial charge in [-0.15, -0.1) is 0 Å². The van der Waals surface area contributed by atoms with Gasteiger partial charge in [0.15, 0.2) is 0 Å². The van der Waals surface area contributed by atoms with Crippen LogP contribution in [0.2, 0.25) is 0 Å². The van der Waals surface area contributed by atoms with Crippen LogP contribution in [0.25, 0.3) is 0 Å². The molecule has 0 spiro atoms. The van der Waals surface area contributed by atoms with E-state index in [4.69, 9.17) is 4.84 Å². The Hall–Kier alpha value is -0.930. The van der Waals surface area contributed by atoms with Gasteiger partial charge in [-0.1, -0.05) is 6.07 Å². The van der Waals surface area contributed by atoms with Gasteiger partial charge in [0.25, 0.3) is 0 Å². The molecule has 0 radical (unpaired) electrons. The van der Waals surface area contributed by atoms with Gasteiger partial charge >= 0.3 is 0 Å². The molecule has 1 aromatic heterocycles. The maximum Gasteiger partial charge on any atom is 0.118 e. The topological polar surface area (TPSA) is 34.1 Å². The van der Waals surface area contributed by atoms with E-state index in [1.54, 1.807) is 13.2 Å². The summed E-state index contributed by atoms with van der Waals surface area (Å²) >= 11 is 0. The fourth-order valence-corrected chi connectivity index (χ4v) is 0.854. The molecule has 1 aromatic rings. The van der Waals surface area contributed by atoms with Gasteiger partial charge in [-0.05, 0) is 19.1 Å². The highest BCUT2D eigenvalue weighted by Crippen LogP contribution is 2.10. The number of pyridine rings is 1. The third kappa shape index (κ3) is 2.29. The van der Waals surface area contributed by atoms with E-state index in [0.717, 1.165) is 5.69 Å². The molecule has 3 heteroatoms. The quantitative estimate of drug-likeness (QED) is 0.663. The average molecular weight is 152 g/mol. The Bertz CT molecular complexity index is 201. The lowest BCUT2D eigenvalue weighted by Crippen LogP contribution is -2.12. The fraction of sp³-hybridized carbons (Fsp3) is 0.375. The Labute approximate surface area is 66.4 Å². The molecule has 0 aliphatic carbocycles. The van der Waals surface area contributed by atoms with Crippen LogP contribution in [0, 0.1) is 0 Å². The van der Waals surface area contributed by atoms with Crippen LogP contribution in [0.1, 0.15) is 18.7 Å². The van der Waals surface area contributed by atoms with E-state index in [9.17, 15) is 0 Å². The van der Waals surface area contributed by atoms with Crippen molar-refractivity contribution in [2.24, 2.45) is 0 Å². The number of nitrogens with one attached hydrogen (secondary N) is 1.